The third-order valence-corrected chi connectivity index (χ3v) is 1.77. The van der Waals surface area contributed by atoms with E-state index in [0.29, 0.717) is 0 Å². The first-order valence-corrected chi connectivity index (χ1v) is 2.91. The SMILES string of the molecule is CC(C)(C)[N]=[Nb]. The number of hydrogen-bond acceptors (Lipinski definition) is 1. The molecule has 0 radical (unpaired) electrons. The van der Waals surface area contributed by atoms with Crippen LogP contribution in [0.4, 0.5) is 0 Å². The maximum absolute atomic E-state index is 4.07. The molecule has 0 N–H and O–H groups in total. The van der Waals surface area contributed by atoms with Crippen LogP contribution in [0.5, 0.6) is 0 Å². The van der Waals surface area contributed by atoms with Gasteiger partial charge in [0.25, 0.3) is 0 Å². The summed E-state index contributed by atoms with van der Waals surface area (Å²) in [6, 6.07) is 0. The van der Waals surface area contributed by atoms with E-state index >= 15 is 0 Å². The molecule has 1 nitrogen and oxygen atoms in total. The Hall–Kier alpha value is 0.540. The van der Waals surface area contributed by atoms with Gasteiger partial charge in [0.05, 0.1) is 0 Å². The average Bonchev–Trinajstić information content (AvgIpc) is 1.35. The van der Waals surface area contributed by atoms with Crippen LogP contribution in [0.3, 0.4) is 0 Å². The quantitative estimate of drug-likeness (QED) is 0.481. The molecule has 35 valence electrons. The van der Waals surface area contributed by atoms with Gasteiger partial charge in [-0.25, -0.2) is 0 Å². The molecule has 0 atom stereocenters. The van der Waals surface area contributed by atoms with Crippen molar-refractivity contribution in [3.05, 3.63) is 0 Å². The number of rotatable bonds is 0. The molecule has 0 aromatic carbocycles. The van der Waals surface area contributed by atoms with E-state index in [9.17, 15) is 0 Å². The maximum atomic E-state index is 4.07. The molecule has 6 heavy (non-hydrogen) atoms. The average molecular weight is 164 g/mol. The van der Waals surface area contributed by atoms with Gasteiger partial charge in [-0.2, -0.15) is 0 Å². The van der Waals surface area contributed by atoms with Crippen LogP contribution in [-0.4, -0.2) is 5.54 Å². The summed E-state index contributed by atoms with van der Waals surface area (Å²) in [5, 5.41) is 0. The molecular weight excluding hydrogens is 155 g/mol. The van der Waals surface area contributed by atoms with Crippen LogP contribution in [0.25, 0.3) is 0 Å². The first-order chi connectivity index (χ1) is 2.56. The van der Waals surface area contributed by atoms with Crippen LogP contribution in [-0.2, 0) is 20.9 Å². The Morgan fingerprint density at radius 2 is 1.50 bits per heavy atom. The molecule has 0 spiro atoms. The van der Waals surface area contributed by atoms with E-state index in [1.54, 1.807) is 0 Å². The van der Waals surface area contributed by atoms with Crippen LogP contribution < -0.4 is 0 Å². The zero-order chi connectivity index (χ0) is 5.21. The summed E-state index contributed by atoms with van der Waals surface area (Å²) in [5.74, 6) is 0. The molecule has 0 aliphatic heterocycles. The Balaban J connectivity index is 3.45. The van der Waals surface area contributed by atoms with Crippen molar-refractivity contribution < 1.29 is 20.9 Å². The zero-order valence-electron chi connectivity index (χ0n) is 4.39. The van der Waals surface area contributed by atoms with E-state index in [2.05, 4.69) is 24.1 Å². The Bertz CT molecular complexity index is 53.1. The molecule has 2 heteroatoms. The molecule has 0 aliphatic rings. The first-order valence-electron chi connectivity index (χ1n) is 1.92. The Labute approximate surface area is 50.9 Å². The molecule has 0 aromatic rings. The summed E-state index contributed by atoms with van der Waals surface area (Å²) in [6.45, 7) is 6.27. The van der Waals surface area contributed by atoms with Crippen molar-refractivity contribution >= 4 is 0 Å². The van der Waals surface area contributed by atoms with Crippen molar-refractivity contribution in [2.24, 2.45) is 3.34 Å². The molecule has 0 aliphatic carbocycles. The van der Waals surface area contributed by atoms with E-state index < -0.39 is 0 Å². The second-order valence-corrected chi connectivity index (χ2v) is 2.76. The monoisotopic (exact) mass is 164 g/mol. The molecule has 0 saturated heterocycles. The second-order valence-electron chi connectivity index (χ2n) is 2.27. The second kappa shape index (κ2) is 2.01. The third-order valence-electron chi connectivity index (χ3n) is 0.300. The van der Waals surface area contributed by atoms with Crippen molar-refractivity contribution in [1.82, 2.24) is 0 Å². The molecule has 0 rings (SSSR count). The molecule has 0 aromatic heterocycles. The number of nitrogens with zero attached hydrogens (tertiary/aromatic N) is 1. The molecule has 0 unspecified atom stereocenters. The topological polar surface area (TPSA) is 12.4 Å². The van der Waals surface area contributed by atoms with E-state index in [1.807, 2.05) is 0 Å². The predicted octanol–water partition coefficient (Wildman–Crippen LogP) is 1.52. The van der Waals surface area contributed by atoms with Crippen LogP contribution >= 0.6 is 0 Å². The summed E-state index contributed by atoms with van der Waals surface area (Å²) in [5.41, 5.74) is 0.189. The van der Waals surface area contributed by atoms with Crippen LogP contribution in [0.2, 0.25) is 0 Å². The van der Waals surface area contributed by atoms with Gasteiger partial charge < -0.3 is 0 Å². The fourth-order valence-corrected chi connectivity index (χ4v) is 0. The van der Waals surface area contributed by atoms with Crippen molar-refractivity contribution in [1.29, 1.82) is 0 Å². The van der Waals surface area contributed by atoms with Crippen LogP contribution in [0.1, 0.15) is 20.8 Å². The van der Waals surface area contributed by atoms with Crippen LogP contribution in [0, 0.1) is 0 Å². The van der Waals surface area contributed by atoms with Gasteiger partial charge in [0.1, 0.15) is 0 Å². The van der Waals surface area contributed by atoms with E-state index in [4.69, 9.17) is 0 Å². The summed E-state index contributed by atoms with van der Waals surface area (Å²) >= 11 is 1.52. The van der Waals surface area contributed by atoms with Crippen molar-refractivity contribution in [3.63, 3.8) is 0 Å². The zero-order valence-corrected chi connectivity index (χ0v) is 6.59. The molecule has 0 heterocycles. The van der Waals surface area contributed by atoms with Gasteiger partial charge in [0.15, 0.2) is 0 Å². The Morgan fingerprint density at radius 3 is 1.50 bits per heavy atom. The fraction of sp³-hybridized carbons (Fsp3) is 1.00. The summed E-state index contributed by atoms with van der Waals surface area (Å²) in [7, 11) is 0. The molecular formula is C4H9NNb. The first kappa shape index (κ1) is 6.54. The van der Waals surface area contributed by atoms with Gasteiger partial charge in [-0.3, -0.25) is 0 Å². The van der Waals surface area contributed by atoms with E-state index in [-0.39, 0.29) is 5.54 Å². The third kappa shape index (κ3) is 4.54. The number of hydrogen-bond donors (Lipinski definition) is 0. The summed E-state index contributed by atoms with van der Waals surface area (Å²) in [4.78, 5) is 0. The van der Waals surface area contributed by atoms with Gasteiger partial charge in [0, 0.05) is 0 Å². The standard InChI is InChI=1S/C4H9N.Nb/c1-4(2,3)5;/h1-3H3;. The normalized spacial score (nSPS) is 11.0. The van der Waals surface area contributed by atoms with E-state index in [0.717, 1.165) is 0 Å². The van der Waals surface area contributed by atoms with Gasteiger partial charge >= 0.3 is 50.5 Å². The fourth-order valence-electron chi connectivity index (χ4n) is 0. The minimum absolute atomic E-state index is 0.189. The molecule has 0 fully saturated rings. The predicted molar refractivity (Wildman–Crippen MR) is 22.2 cm³/mol. The molecule has 0 bridgehead atoms. The van der Waals surface area contributed by atoms with Gasteiger partial charge in [-0.05, 0) is 0 Å². The summed E-state index contributed by atoms with van der Waals surface area (Å²) in [6.07, 6.45) is 0. The van der Waals surface area contributed by atoms with Gasteiger partial charge in [0.2, 0.25) is 0 Å². The molecule has 0 saturated carbocycles. The van der Waals surface area contributed by atoms with Crippen LogP contribution in [0.15, 0.2) is 3.34 Å². The van der Waals surface area contributed by atoms with Gasteiger partial charge in [-0.1, -0.05) is 0 Å². The van der Waals surface area contributed by atoms with E-state index in [1.165, 1.54) is 20.9 Å². The Morgan fingerprint density at radius 1 is 1.33 bits per heavy atom. The molecule has 0 amide bonds. The summed E-state index contributed by atoms with van der Waals surface area (Å²) < 4.78 is 4.07. The van der Waals surface area contributed by atoms with Gasteiger partial charge in [-0.15, -0.1) is 0 Å². The Kier molecular flexibility index (Phi) is 2.19. The minimum atomic E-state index is 0.189. The van der Waals surface area contributed by atoms with Crippen molar-refractivity contribution in [3.8, 4) is 0 Å². The van der Waals surface area contributed by atoms with Crippen molar-refractivity contribution in [2.45, 2.75) is 26.3 Å². The van der Waals surface area contributed by atoms with Crippen molar-refractivity contribution in [2.75, 3.05) is 0 Å².